The Labute approximate surface area is 198 Å². The zero-order valence-corrected chi connectivity index (χ0v) is 18.9. The molecule has 0 unspecified atom stereocenters. The van der Waals surface area contributed by atoms with E-state index in [0.29, 0.717) is 11.6 Å². The third-order valence-corrected chi connectivity index (χ3v) is 5.81. The van der Waals surface area contributed by atoms with Gasteiger partial charge < -0.3 is 19.9 Å². The van der Waals surface area contributed by atoms with Gasteiger partial charge in [0.05, 0.1) is 22.9 Å². The van der Waals surface area contributed by atoms with Gasteiger partial charge in [-0.05, 0) is 68.1 Å². The zero-order valence-electron chi connectivity index (χ0n) is 18.9. The summed E-state index contributed by atoms with van der Waals surface area (Å²) < 4.78 is 11.9. The number of anilines is 1. The topological polar surface area (TPSA) is 97.8 Å². The van der Waals surface area contributed by atoms with Crippen molar-refractivity contribution in [2.75, 3.05) is 5.32 Å². The molecule has 0 aliphatic heterocycles. The summed E-state index contributed by atoms with van der Waals surface area (Å²) in [7, 11) is 0. The van der Waals surface area contributed by atoms with E-state index >= 15 is 0 Å². The van der Waals surface area contributed by atoms with Gasteiger partial charge in [0.2, 0.25) is 5.88 Å². The van der Waals surface area contributed by atoms with Crippen LogP contribution < -0.4 is 14.8 Å². The van der Waals surface area contributed by atoms with Crippen LogP contribution in [-0.2, 0) is 0 Å². The number of para-hydroxylation sites is 1. The highest BCUT2D eigenvalue weighted by atomic mass is 16.5. The summed E-state index contributed by atoms with van der Waals surface area (Å²) in [6.07, 6.45) is 10.2. The highest BCUT2D eigenvalue weighted by Gasteiger charge is 2.15. The van der Waals surface area contributed by atoms with Crippen LogP contribution in [0, 0.1) is 0 Å². The first-order valence-corrected chi connectivity index (χ1v) is 11.6. The molecule has 0 spiro atoms. The summed E-state index contributed by atoms with van der Waals surface area (Å²) >= 11 is 0. The van der Waals surface area contributed by atoms with Crippen molar-refractivity contribution in [2.24, 2.45) is 0 Å². The van der Waals surface area contributed by atoms with E-state index in [1.54, 1.807) is 24.3 Å². The van der Waals surface area contributed by atoms with Gasteiger partial charge in [0, 0.05) is 12.3 Å². The highest BCUT2D eigenvalue weighted by Crippen LogP contribution is 2.26. The van der Waals surface area contributed by atoms with Crippen LogP contribution in [0.3, 0.4) is 0 Å². The minimum Gasteiger partial charge on any atom is -0.490 e. The van der Waals surface area contributed by atoms with Crippen molar-refractivity contribution in [3.8, 4) is 17.4 Å². The average molecular weight is 461 g/mol. The lowest BCUT2D eigenvalue weighted by atomic mass is 9.98. The molecule has 0 saturated heterocycles. The predicted octanol–water partition coefficient (Wildman–Crippen LogP) is 6.32. The number of hydrogen-bond acceptors (Lipinski definition) is 5. The molecule has 2 aromatic carbocycles. The van der Waals surface area contributed by atoms with Crippen molar-refractivity contribution >= 4 is 17.6 Å². The van der Waals surface area contributed by atoms with Crippen molar-refractivity contribution in [1.82, 2.24) is 4.98 Å². The van der Waals surface area contributed by atoms with Gasteiger partial charge >= 0.3 is 5.97 Å². The third kappa shape index (κ3) is 6.34. The number of carbonyl (C=O) groups excluding carboxylic acids is 1. The SMILES string of the molecule is O=C(Nc1ccccc1C(=O)O)c1ccc(Oc2ccc(OC3CCCCCCC3)cc2)nc1. The van der Waals surface area contributed by atoms with Gasteiger partial charge in [-0.15, -0.1) is 0 Å². The molecule has 1 aliphatic rings. The summed E-state index contributed by atoms with van der Waals surface area (Å²) in [5, 5.41) is 11.9. The van der Waals surface area contributed by atoms with E-state index in [1.165, 1.54) is 50.4 Å². The summed E-state index contributed by atoms with van der Waals surface area (Å²) in [5.74, 6) is 0.225. The Morgan fingerprint density at radius 2 is 1.53 bits per heavy atom. The number of aromatic nitrogens is 1. The van der Waals surface area contributed by atoms with Crippen molar-refractivity contribution in [1.29, 1.82) is 0 Å². The summed E-state index contributed by atoms with van der Waals surface area (Å²) in [4.78, 5) is 28.0. The van der Waals surface area contributed by atoms with E-state index in [1.807, 2.05) is 24.3 Å². The molecular weight excluding hydrogens is 432 g/mol. The van der Waals surface area contributed by atoms with Crippen LogP contribution in [-0.4, -0.2) is 28.1 Å². The molecule has 1 fully saturated rings. The van der Waals surface area contributed by atoms with Crippen molar-refractivity contribution < 1.29 is 24.2 Å². The number of nitrogens with one attached hydrogen (secondary N) is 1. The fourth-order valence-electron chi connectivity index (χ4n) is 3.98. The number of aromatic carboxylic acids is 1. The van der Waals surface area contributed by atoms with Gasteiger partial charge in [-0.25, -0.2) is 9.78 Å². The standard InChI is InChI=1S/C27H28N2O5/c30-26(29-24-11-7-6-10-23(24)27(31)32)19-12-17-25(28-18-19)34-22-15-13-21(14-16-22)33-20-8-4-2-1-3-5-9-20/h6-7,10-18,20H,1-5,8-9H2,(H,29,30)(H,31,32). The smallest absolute Gasteiger partial charge is 0.337 e. The first kappa shape index (κ1) is 23.3. The van der Waals surface area contributed by atoms with Gasteiger partial charge in [-0.2, -0.15) is 0 Å². The number of carboxylic acids is 1. The van der Waals surface area contributed by atoms with Crippen LogP contribution >= 0.6 is 0 Å². The number of carboxylic acid groups (broad SMARTS) is 1. The van der Waals surface area contributed by atoms with Gasteiger partial charge in [-0.1, -0.05) is 31.4 Å². The Morgan fingerprint density at radius 1 is 0.853 bits per heavy atom. The number of carbonyl (C=O) groups is 2. The molecule has 1 saturated carbocycles. The maximum atomic E-state index is 12.5. The number of amides is 1. The van der Waals surface area contributed by atoms with Crippen LogP contribution in [0.25, 0.3) is 0 Å². The molecule has 3 aromatic rings. The largest absolute Gasteiger partial charge is 0.490 e. The number of benzene rings is 2. The number of pyridine rings is 1. The second-order valence-electron chi connectivity index (χ2n) is 8.35. The number of rotatable bonds is 7. The van der Waals surface area contributed by atoms with Gasteiger partial charge in [0.25, 0.3) is 5.91 Å². The molecule has 0 radical (unpaired) electrons. The quantitative estimate of drug-likeness (QED) is 0.428. The molecule has 0 bridgehead atoms. The highest BCUT2D eigenvalue weighted by molar-refractivity contribution is 6.07. The van der Waals surface area contributed by atoms with Crippen LogP contribution in [0.15, 0.2) is 66.9 Å². The number of nitrogens with zero attached hydrogens (tertiary/aromatic N) is 1. The van der Waals surface area contributed by atoms with E-state index in [2.05, 4.69) is 10.3 Å². The molecule has 1 aromatic heterocycles. The third-order valence-electron chi connectivity index (χ3n) is 5.81. The molecule has 34 heavy (non-hydrogen) atoms. The predicted molar refractivity (Wildman–Crippen MR) is 129 cm³/mol. The Balaban J connectivity index is 1.33. The summed E-state index contributed by atoms with van der Waals surface area (Å²) in [5.41, 5.74) is 0.531. The van der Waals surface area contributed by atoms with E-state index in [9.17, 15) is 14.7 Å². The fraction of sp³-hybridized carbons (Fsp3) is 0.296. The minimum atomic E-state index is -1.11. The Kier molecular flexibility index (Phi) is 7.75. The van der Waals surface area contributed by atoms with Gasteiger partial charge in [-0.3, -0.25) is 4.79 Å². The lowest BCUT2D eigenvalue weighted by Gasteiger charge is -2.21. The van der Waals surface area contributed by atoms with E-state index < -0.39 is 11.9 Å². The van der Waals surface area contributed by atoms with Crippen LogP contribution in [0.4, 0.5) is 5.69 Å². The van der Waals surface area contributed by atoms with E-state index in [4.69, 9.17) is 9.47 Å². The molecule has 7 heteroatoms. The molecule has 176 valence electrons. The van der Waals surface area contributed by atoms with Gasteiger partial charge in [0.1, 0.15) is 11.5 Å². The second-order valence-corrected chi connectivity index (χ2v) is 8.35. The van der Waals surface area contributed by atoms with Gasteiger partial charge in [0.15, 0.2) is 0 Å². The molecule has 1 heterocycles. The fourth-order valence-corrected chi connectivity index (χ4v) is 3.98. The maximum absolute atomic E-state index is 12.5. The first-order valence-electron chi connectivity index (χ1n) is 11.6. The first-order chi connectivity index (χ1) is 16.6. The molecule has 4 rings (SSSR count). The lowest BCUT2D eigenvalue weighted by Crippen LogP contribution is -2.17. The van der Waals surface area contributed by atoms with E-state index in [0.717, 1.165) is 18.6 Å². The number of ether oxygens (including phenoxy) is 2. The van der Waals surface area contributed by atoms with Crippen LogP contribution in [0.2, 0.25) is 0 Å². The average Bonchev–Trinajstić information content (AvgIpc) is 2.82. The van der Waals surface area contributed by atoms with Crippen molar-refractivity contribution in [2.45, 2.75) is 51.0 Å². The second kappa shape index (κ2) is 11.3. The molecule has 0 atom stereocenters. The summed E-state index contributed by atoms with van der Waals surface area (Å²) in [6, 6.07) is 16.9. The zero-order chi connectivity index (χ0) is 23.8. The molecule has 1 aliphatic carbocycles. The minimum absolute atomic E-state index is 0.0192. The molecule has 7 nitrogen and oxygen atoms in total. The molecule has 1 amide bonds. The Morgan fingerprint density at radius 3 is 2.21 bits per heavy atom. The van der Waals surface area contributed by atoms with Crippen molar-refractivity contribution in [3.05, 3.63) is 78.0 Å². The summed E-state index contributed by atoms with van der Waals surface area (Å²) in [6.45, 7) is 0. The van der Waals surface area contributed by atoms with Crippen LogP contribution in [0.1, 0.15) is 65.7 Å². The Bertz CT molecular complexity index is 1100. The normalized spacial score (nSPS) is 14.5. The monoisotopic (exact) mass is 460 g/mol. The Hall–Kier alpha value is -3.87. The molecular formula is C27H28N2O5. The van der Waals surface area contributed by atoms with Crippen LogP contribution in [0.5, 0.6) is 17.4 Å². The maximum Gasteiger partial charge on any atom is 0.337 e. The number of hydrogen-bond donors (Lipinski definition) is 2. The van der Waals surface area contributed by atoms with E-state index in [-0.39, 0.29) is 22.9 Å². The molecule has 2 N–H and O–H groups in total. The van der Waals surface area contributed by atoms with Crippen molar-refractivity contribution in [3.63, 3.8) is 0 Å². The lowest BCUT2D eigenvalue weighted by molar-refractivity contribution is 0.0698.